The monoisotopic (exact) mass is 188 g/mol. The third kappa shape index (κ3) is 2.00. The summed E-state index contributed by atoms with van der Waals surface area (Å²) < 4.78 is 5.24. The van der Waals surface area contributed by atoms with Crippen LogP contribution in [0.4, 0.5) is 0 Å². The zero-order chi connectivity index (χ0) is 10.1. The van der Waals surface area contributed by atoms with Crippen LogP contribution in [0.15, 0.2) is 0 Å². The maximum Gasteiger partial charge on any atom is 0.311 e. The number of carbonyl (C=O) groups is 1. The average Bonchev–Trinajstić information content (AvgIpc) is 2.54. The molecule has 1 aliphatic heterocycles. The number of carboxylic acid groups (broad SMARTS) is 1. The summed E-state index contributed by atoms with van der Waals surface area (Å²) in [4.78, 5) is 10.8. The Balaban J connectivity index is 2.64. The molecule has 76 valence electrons. The molecule has 0 aromatic carbocycles. The van der Waals surface area contributed by atoms with E-state index >= 15 is 0 Å². The normalized spacial score (nSPS) is 25.9. The third-order valence-corrected chi connectivity index (χ3v) is 2.61. The van der Waals surface area contributed by atoms with Crippen LogP contribution in [0.2, 0.25) is 0 Å². The van der Waals surface area contributed by atoms with Gasteiger partial charge in [-0.1, -0.05) is 0 Å². The van der Waals surface area contributed by atoms with Gasteiger partial charge in [0.2, 0.25) is 0 Å². The van der Waals surface area contributed by atoms with E-state index in [1.54, 1.807) is 0 Å². The maximum absolute atomic E-state index is 10.8. The molecule has 1 heterocycles. The number of rotatable bonds is 3. The number of aliphatic carboxylic acids is 1. The van der Waals surface area contributed by atoms with Gasteiger partial charge in [0.05, 0.1) is 17.6 Å². The molecule has 0 amide bonds. The average molecular weight is 188 g/mol. The summed E-state index contributed by atoms with van der Waals surface area (Å²) in [6.45, 7) is 3.65. The Morgan fingerprint density at radius 1 is 1.62 bits per heavy atom. The van der Waals surface area contributed by atoms with Gasteiger partial charge in [-0.25, -0.2) is 0 Å². The number of aliphatic hydroxyl groups excluding tert-OH is 1. The molecular weight excluding hydrogens is 172 g/mol. The highest BCUT2D eigenvalue weighted by molar-refractivity contribution is 5.74. The number of hydrogen-bond donors (Lipinski definition) is 2. The van der Waals surface area contributed by atoms with Crippen molar-refractivity contribution in [3.05, 3.63) is 0 Å². The standard InChI is InChI=1S/C9H16O4/c1-9(2,8(11)12)7(10)6-4-3-5-13-6/h6-7,10H,3-5H2,1-2H3,(H,11,12). The van der Waals surface area contributed by atoms with Crippen molar-refractivity contribution in [3.8, 4) is 0 Å². The second-order valence-corrected chi connectivity index (χ2v) is 4.02. The van der Waals surface area contributed by atoms with Gasteiger partial charge >= 0.3 is 5.97 Å². The topological polar surface area (TPSA) is 66.8 Å². The Labute approximate surface area is 77.5 Å². The van der Waals surface area contributed by atoms with Gasteiger partial charge in [-0.15, -0.1) is 0 Å². The zero-order valence-corrected chi connectivity index (χ0v) is 7.99. The Morgan fingerprint density at radius 3 is 2.62 bits per heavy atom. The summed E-state index contributed by atoms with van der Waals surface area (Å²) in [5.41, 5.74) is -1.13. The van der Waals surface area contributed by atoms with Crippen LogP contribution in [0.1, 0.15) is 26.7 Å². The van der Waals surface area contributed by atoms with E-state index < -0.39 is 17.5 Å². The summed E-state index contributed by atoms with van der Waals surface area (Å²) >= 11 is 0. The molecule has 0 spiro atoms. The second-order valence-electron chi connectivity index (χ2n) is 4.02. The van der Waals surface area contributed by atoms with Gasteiger partial charge < -0.3 is 14.9 Å². The highest BCUT2D eigenvalue weighted by atomic mass is 16.5. The fourth-order valence-corrected chi connectivity index (χ4v) is 1.44. The highest BCUT2D eigenvalue weighted by Crippen LogP contribution is 2.29. The van der Waals surface area contributed by atoms with Crippen molar-refractivity contribution >= 4 is 5.97 Å². The highest BCUT2D eigenvalue weighted by Gasteiger charge is 2.41. The van der Waals surface area contributed by atoms with E-state index in [0.29, 0.717) is 6.61 Å². The molecule has 2 N–H and O–H groups in total. The Bertz CT molecular complexity index is 194. The maximum atomic E-state index is 10.8. The molecule has 2 unspecified atom stereocenters. The van der Waals surface area contributed by atoms with Gasteiger partial charge in [0.25, 0.3) is 0 Å². The number of ether oxygens (including phenoxy) is 1. The minimum Gasteiger partial charge on any atom is -0.481 e. The van der Waals surface area contributed by atoms with E-state index in [2.05, 4.69) is 0 Å². The van der Waals surface area contributed by atoms with E-state index in [4.69, 9.17) is 9.84 Å². The number of aliphatic hydroxyl groups is 1. The van der Waals surface area contributed by atoms with Crippen LogP contribution in [0.3, 0.4) is 0 Å². The fraction of sp³-hybridized carbons (Fsp3) is 0.889. The van der Waals surface area contributed by atoms with Crippen LogP contribution in [0.25, 0.3) is 0 Å². The first-order valence-corrected chi connectivity index (χ1v) is 4.49. The van der Waals surface area contributed by atoms with Gasteiger partial charge in [0.15, 0.2) is 0 Å². The van der Waals surface area contributed by atoms with Crippen LogP contribution < -0.4 is 0 Å². The van der Waals surface area contributed by atoms with E-state index in [1.807, 2.05) is 0 Å². The predicted octanol–water partition coefficient (Wildman–Crippen LogP) is 0.637. The molecule has 13 heavy (non-hydrogen) atoms. The Hall–Kier alpha value is -0.610. The molecule has 4 heteroatoms. The molecule has 0 bridgehead atoms. The molecule has 1 aliphatic rings. The molecule has 1 saturated heterocycles. The van der Waals surface area contributed by atoms with Gasteiger partial charge in [-0.3, -0.25) is 4.79 Å². The molecule has 0 saturated carbocycles. The van der Waals surface area contributed by atoms with E-state index in [-0.39, 0.29) is 6.10 Å². The molecular formula is C9H16O4. The SMILES string of the molecule is CC(C)(C(=O)O)C(O)C1CCCO1. The fourth-order valence-electron chi connectivity index (χ4n) is 1.44. The van der Waals surface area contributed by atoms with Gasteiger partial charge in [0.1, 0.15) is 0 Å². The van der Waals surface area contributed by atoms with Crippen molar-refractivity contribution in [2.75, 3.05) is 6.61 Å². The number of hydrogen-bond acceptors (Lipinski definition) is 3. The second kappa shape index (κ2) is 3.64. The minimum absolute atomic E-state index is 0.314. The number of carboxylic acids is 1. The lowest BCUT2D eigenvalue weighted by Crippen LogP contribution is -2.44. The molecule has 0 radical (unpaired) electrons. The summed E-state index contributed by atoms with van der Waals surface area (Å²) in [6.07, 6.45) is 0.411. The smallest absolute Gasteiger partial charge is 0.311 e. The van der Waals surface area contributed by atoms with Crippen LogP contribution in [-0.4, -0.2) is 35.0 Å². The van der Waals surface area contributed by atoms with Crippen LogP contribution in [-0.2, 0) is 9.53 Å². The first-order chi connectivity index (χ1) is 5.96. The van der Waals surface area contributed by atoms with Gasteiger partial charge in [0, 0.05) is 6.61 Å². The van der Waals surface area contributed by atoms with E-state index in [9.17, 15) is 9.90 Å². The van der Waals surface area contributed by atoms with Gasteiger partial charge in [-0.2, -0.15) is 0 Å². The first-order valence-electron chi connectivity index (χ1n) is 4.49. The first kappa shape index (κ1) is 10.5. The van der Waals surface area contributed by atoms with Gasteiger partial charge in [-0.05, 0) is 26.7 Å². The molecule has 1 fully saturated rings. The van der Waals surface area contributed by atoms with Crippen molar-refractivity contribution in [1.29, 1.82) is 0 Å². The molecule has 0 aromatic rings. The van der Waals surface area contributed by atoms with E-state index in [1.165, 1.54) is 13.8 Å². The lowest BCUT2D eigenvalue weighted by molar-refractivity contribution is -0.159. The third-order valence-electron chi connectivity index (χ3n) is 2.61. The Morgan fingerprint density at radius 2 is 2.23 bits per heavy atom. The van der Waals surface area contributed by atoms with Crippen LogP contribution in [0, 0.1) is 5.41 Å². The lowest BCUT2D eigenvalue weighted by atomic mass is 9.83. The lowest BCUT2D eigenvalue weighted by Gasteiger charge is -2.29. The van der Waals surface area contributed by atoms with Crippen molar-refractivity contribution in [2.45, 2.75) is 38.9 Å². The quantitative estimate of drug-likeness (QED) is 0.682. The van der Waals surface area contributed by atoms with Crippen molar-refractivity contribution in [3.63, 3.8) is 0 Å². The van der Waals surface area contributed by atoms with E-state index in [0.717, 1.165) is 12.8 Å². The predicted molar refractivity (Wildman–Crippen MR) is 46.4 cm³/mol. The van der Waals surface area contributed by atoms with Crippen molar-refractivity contribution in [1.82, 2.24) is 0 Å². The van der Waals surface area contributed by atoms with Crippen molar-refractivity contribution in [2.24, 2.45) is 5.41 Å². The Kier molecular flexibility index (Phi) is 2.93. The summed E-state index contributed by atoms with van der Waals surface area (Å²) in [7, 11) is 0. The minimum atomic E-state index is -1.13. The van der Waals surface area contributed by atoms with Crippen LogP contribution >= 0.6 is 0 Å². The van der Waals surface area contributed by atoms with Crippen molar-refractivity contribution < 1.29 is 19.7 Å². The largest absolute Gasteiger partial charge is 0.481 e. The summed E-state index contributed by atoms with van der Waals surface area (Å²) in [6, 6.07) is 0. The summed E-state index contributed by atoms with van der Waals surface area (Å²) in [5, 5.41) is 18.6. The molecule has 0 aliphatic carbocycles. The molecule has 2 atom stereocenters. The zero-order valence-electron chi connectivity index (χ0n) is 7.99. The van der Waals surface area contributed by atoms with Crippen LogP contribution in [0.5, 0.6) is 0 Å². The molecule has 4 nitrogen and oxygen atoms in total. The molecule has 1 rings (SSSR count). The summed E-state index contributed by atoms with van der Waals surface area (Å²) in [5.74, 6) is -0.990. The molecule has 0 aromatic heterocycles.